The van der Waals surface area contributed by atoms with E-state index in [0.717, 1.165) is 30.4 Å². The molecule has 33 heavy (non-hydrogen) atoms. The maximum Gasteiger partial charge on any atom is 0.434 e. The molecule has 1 heterocycles. The molecule has 1 aromatic heterocycles. The van der Waals surface area contributed by atoms with E-state index in [1.165, 1.54) is 0 Å². The van der Waals surface area contributed by atoms with Crippen molar-refractivity contribution in [2.45, 2.75) is 64.8 Å². The van der Waals surface area contributed by atoms with Crippen LogP contribution >= 0.6 is 22.6 Å². The summed E-state index contributed by atoms with van der Waals surface area (Å²) in [6, 6.07) is 8.97. The van der Waals surface area contributed by atoms with Crippen molar-refractivity contribution in [1.29, 1.82) is 0 Å². The van der Waals surface area contributed by atoms with Gasteiger partial charge < -0.3 is 9.47 Å². The van der Waals surface area contributed by atoms with Crippen molar-refractivity contribution in [2.24, 2.45) is 11.8 Å². The van der Waals surface area contributed by atoms with E-state index in [1.807, 2.05) is 6.07 Å². The Morgan fingerprint density at radius 2 is 1.70 bits per heavy atom. The highest BCUT2D eigenvalue weighted by atomic mass is 127. The third kappa shape index (κ3) is 7.43. The van der Waals surface area contributed by atoms with Gasteiger partial charge >= 0.3 is 12.1 Å². The van der Waals surface area contributed by atoms with Crippen molar-refractivity contribution in [1.82, 2.24) is 9.78 Å². The first-order chi connectivity index (χ1) is 15.4. The van der Waals surface area contributed by atoms with Crippen molar-refractivity contribution in [3.05, 3.63) is 39.6 Å². The predicted octanol–water partition coefficient (Wildman–Crippen LogP) is 6.34. The Morgan fingerprint density at radius 1 is 1.09 bits per heavy atom. The molecule has 182 valence electrons. The first kappa shape index (κ1) is 26.0. The number of rotatable bonds is 7. The molecule has 3 rings (SSSR count). The number of nitrogens with zero attached hydrogens (tertiary/aromatic N) is 2. The van der Waals surface area contributed by atoms with Crippen LogP contribution in [0, 0.1) is 15.4 Å². The minimum Gasteiger partial charge on any atom is -0.458 e. The number of carbonyl (C=O) groups excluding carboxylic acids is 1. The lowest BCUT2D eigenvalue weighted by molar-refractivity contribution is -0.160. The molecule has 0 saturated heterocycles. The normalized spacial score (nSPS) is 19.5. The number of hydrogen-bond acceptors (Lipinski definition) is 4. The minimum atomic E-state index is -4.47. The van der Waals surface area contributed by atoms with Gasteiger partial charge in [0.15, 0.2) is 5.69 Å². The average molecular weight is 578 g/mol. The molecule has 0 N–H and O–H groups in total. The third-order valence-electron chi connectivity index (χ3n) is 5.60. The number of carbonyl (C=O) groups is 1. The van der Waals surface area contributed by atoms with Crippen LogP contribution in [0.2, 0.25) is 0 Å². The SMILES string of the molecule is CC(C)(C)OC(=O)COC[C@H]1CC[C@@H](Cn2nc(-c3ccccc3)c(I)c2C(F)(F)F)CC1. The van der Waals surface area contributed by atoms with Crippen molar-refractivity contribution in [2.75, 3.05) is 13.2 Å². The molecule has 0 atom stereocenters. The fourth-order valence-corrected chi connectivity index (χ4v) is 5.13. The highest BCUT2D eigenvalue weighted by Gasteiger charge is 2.40. The topological polar surface area (TPSA) is 53.4 Å². The Labute approximate surface area is 206 Å². The number of halogens is 4. The number of esters is 1. The quantitative estimate of drug-likeness (QED) is 0.285. The summed E-state index contributed by atoms with van der Waals surface area (Å²) in [6.45, 7) is 6.03. The second-order valence-corrected chi connectivity index (χ2v) is 10.6. The Hall–Kier alpha value is -1.62. The second kappa shape index (κ2) is 10.8. The molecule has 1 aromatic carbocycles. The van der Waals surface area contributed by atoms with Crippen LogP contribution in [0.1, 0.15) is 52.1 Å². The van der Waals surface area contributed by atoms with Crippen molar-refractivity contribution in [3.8, 4) is 11.3 Å². The lowest BCUT2D eigenvalue weighted by Gasteiger charge is -2.29. The lowest BCUT2D eigenvalue weighted by atomic mass is 9.82. The molecular weight excluding hydrogens is 548 g/mol. The van der Waals surface area contributed by atoms with E-state index in [1.54, 1.807) is 67.6 Å². The van der Waals surface area contributed by atoms with Crippen molar-refractivity contribution in [3.63, 3.8) is 0 Å². The molecule has 1 aliphatic rings. The zero-order valence-corrected chi connectivity index (χ0v) is 21.3. The van der Waals surface area contributed by atoms with Crippen LogP contribution in [0.3, 0.4) is 0 Å². The van der Waals surface area contributed by atoms with Crippen LogP contribution in [-0.2, 0) is 27.0 Å². The summed E-state index contributed by atoms with van der Waals surface area (Å²) in [5, 5.41) is 4.37. The molecule has 0 radical (unpaired) electrons. The minimum absolute atomic E-state index is 0.0832. The van der Waals surface area contributed by atoms with Gasteiger partial charge in [0.05, 0.1) is 10.2 Å². The molecule has 0 unspecified atom stereocenters. The first-order valence-electron chi connectivity index (χ1n) is 11.1. The van der Waals surface area contributed by atoms with Gasteiger partial charge in [-0.05, 0) is 80.9 Å². The van der Waals surface area contributed by atoms with Gasteiger partial charge in [0.2, 0.25) is 0 Å². The maximum atomic E-state index is 13.8. The molecule has 0 spiro atoms. The largest absolute Gasteiger partial charge is 0.458 e. The molecule has 0 aliphatic heterocycles. The lowest BCUT2D eigenvalue weighted by Crippen LogP contribution is -2.28. The number of alkyl halides is 3. The molecule has 1 aliphatic carbocycles. The van der Waals surface area contributed by atoms with E-state index in [-0.39, 0.29) is 22.6 Å². The smallest absolute Gasteiger partial charge is 0.434 e. The monoisotopic (exact) mass is 578 g/mol. The van der Waals surface area contributed by atoms with Crippen LogP contribution in [0.25, 0.3) is 11.3 Å². The summed E-state index contributed by atoms with van der Waals surface area (Å²) >= 11 is 1.76. The second-order valence-electron chi connectivity index (χ2n) is 9.55. The van der Waals surface area contributed by atoms with Gasteiger partial charge in [0.25, 0.3) is 0 Å². The summed E-state index contributed by atoms with van der Waals surface area (Å²) in [5.74, 6) is 0.0225. The number of aromatic nitrogens is 2. The van der Waals surface area contributed by atoms with Gasteiger partial charge in [-0.2, -0.15) is 18.3 Å². The summed E-state index contributed by atoms with van der Waals surface area (Å²) in [7, 11) is 0. The van der Waals surface area contributed by atoms with Gasteiger partial charge in [-0.3, -0.25) is 4.68 Å². The Balaban J connectivity index is 1.57. The molecule has 1 saturated carbocycles. The van der Waals surface area contributed by atoms with E-state index in [0.29, 0.717) is 23.8 Å². The van der Waals surface area contributed by atoms with Crippen LogP contribution in [-0.4, -0.2) is 34.6 Å². The molecular formula is C24H30F3IN2O3. The van der Waals surface area contributed by atoms with Gasteiger partial charge in [0, 0.05) is 12.1 Å². The van der Waals surface area contributed by atoms with E-state index in [4.69, 9.17) is 9.47 Å². The Morgan fingerprint density at radius 3 is 2.27 bits per heavy atom. The number of ether oxygens (including phenoxy) is 2. The predicted molar refractivity (Wildman–Crippen MR) is 127 cm³/mol. The highest BCUT2D eigenvalue weighted by Crippen LogP contribution is 2.39. The van der Waals surface area contributed by atoms with Gasteiger partial charge in [0.1, 0.15) is 17.9 Å². The summed E-state index contributed by atoms with van der Waals surface area (Å²) in [4.78, 5) is 11.8. The molecule has 9 heteroatoms. The molecule has 0 amide bonds. The standard InChI is InChI=1S/C24H30F3IN2O3/c1-23(2,3)33-19(31)15-32-14-17-11-9-16(10-12-17)13-30-22(24(25,26)27)20(28)21(29-30)18-7-5-4-6-8-18/h4-8,16-17H,9-15H2,1-3H3/t16-,17+. The number of hydrogen-bond donors (Lipinski definition) is 0. The third-order valence-corrected chi connectivity index (χ3v) is 6.62. The first-order valence-corrected chi connectivity index (χ1v) is 12.2. The molecule has 5 nitrogen and oxygen atoms in total. The van der Waals surface area contributed by atoms with Crippen LogP contribution < -0.4 is 0 Å². The van der Waals surface area contributed by atoms with E-state index < -0.39 is 23.4 Å². The maximum absolute atomic E-state index is 13.8. The fourth-order valence-electron chi connectivity index (χ4n) is 4.13. The Bertz CT molecular complexity index is 931. The van der Waals surface area contributed by atoms with Gasteiger partial charge in [-0.15, -0.1) is 0 Å². The van der Waals surface area contributed by atoms with Gasteiger partial charge in [-0.25, -0.2) is 4.79 Å². The van der Waals surface area contributed by atoms with E-state index in [2.05, 4.69) is 5.10 Å². The van der Waals surface area contributed by atoms with Crippen LogP contribution in [0.5, 0.6) is 0 Å². The van der Waals surface area contributed by atoms with Crippen LogP contribution in [0.4, 0.5) is 13.2 Å². The van der Waals surface area contributed by atoms with Crippen LogP contribution in [0.15, 0.2) is 30.3 Å². The van der Waals surface area contributed by atoms with Crippen molar-refractivity contribution >= 4 is 28.6 Å². The molecule has 1 fully saturated rings. The van der Waals surface area contributed by atoms with Crippen molar-refractivity contribution < 1.29 is 27.4 Å². The zero-order valence-electron chi connectivity index (χ0n) is 19.1. The molecule has 0 bridgehead atoms. The van der Waals surface area contributed by atoms with Gasteiger partial charge in [-0.1, -0.05) is 30.3 Å². The Kier molecular flexibility index (Phi) is 8.47. The highest BCUT2D eigenvalue weighted by molar-refractivity contribution is 14.1. The molecule has 2 aromatic rings. The fraction of sp³-hybridized carbons (Fsp3) is 0.583. The summed E-state index contributed by atoms with van der Waals surface area (Å²) in [5.41, 5.74) is -0.173. The average Bonchev–Trinajstić information content (AvgIpc) is 3.04. The summed E-state index contributed by atoms with van der Waals surface area (Å²) in [6.07, 6.45) is -1.17. The summed E-state index contributed by atoms with van der Waals surface area (Å²) < 4.78 is 53.6. The number of benzene rings is 1. The van der Waals surface area contributed by atoms with E-state index in [9.17, 15) is 18.0 Å². The van der Waals surface area contributed by atoms with E-state index >= 15 is 0 Å². The zero-order chi connectivity index (χ0) is 24.2.